The van der Waals surface area contributed by atoms with Gasteiger partial charge in [-0.2, -0.15) is 0 Å². The Morgan fingerprint density at radius 2 is 2.19 bits per heavy atom. The average Bonchev–Trinajstić information content (AvgIpc) is 2.74. The highest BCUT2D eigenvalue weighted by atomic mass is 35.5. The van der Waals surface area contributed by atoms with Crippen LogP contribution >= 0.6 is 11.6 Å². The van der Waals surface area contributed by atoms with Crippen LogP contribution in [-0.4, -0.2) is 37.4 Å². The molecule has 1 saturated heterocycles. The molecule has 1 amide bonds. The van der Waals surface area contributed by atoms with Crippen molar-refractivity contribution in [3.05, 3.63) is 28.5 Å². The fourth-order valence-electron chi connectivity index (χ4n) is 2.32. The first-order valence-electron chi connectivity index (χ1n) is 6.93. The van der Waals surface area contributed by atoms with Crippen molar-refractivity contribution in [2.24, 2.45) is 5.92 Å². The molecule has 0 aromatic carbocycles. The number of halogens is 1. The van der Waals surface area contributed by atoms with Crippen molar-refractivity contribution >= 4 is 27.3 Å². The van der Waals surface area contributed by atoms with Gasteiger partial charge in [0.1, 0.15) is 5.15 Å². The quantitative estimate of drug-likeness (QED) is 0.857. The van der Waals surface area contributed by atoms with Gasteiger partial charge in [-0.15, -0.1) is 0 Å². The van der Waals surface area contributed by atoms with E-state index < -0.39 is 9.84 Å². The molecule has 0 radical (unpaired) electrons. The second-order valence-electron chi connectivity index (χ2n) is 5.74. The van der Waals surface area contributed by atoms with E-state index in [0.717, 1.165) is 5.69 Å². The first kappa shape index (κ1) is 16.2. The van der Waals surface area contributed by atoms with Crippen molar-refractivity contribution in [3.8, 4) is 0 Å². The summed E-state index contributed by atoms with van der Waals surface area (Å²) in [4.78, 5) is 16.3. The third kappa shape index (κ3) is 4.41. The van der Waals surface area contributed by atoms with Gasteiger partial charge < -0.3 is 5.32 Å². The molecular formula is C14H19ClN2O3S. The van der Waals surface area contributed by atoms with E-state index >= 15 is 0 Å². The van der Waals surface area contributed by atoms with E-state index in [2.05, 4.69) is 10.3 Å². The maximum atomic E-state index is 12.1. The maximum absolute atomic E-state index is 12.1. The van der Waals surface area contributed by atoms with Gasteiger partial charge in [0, 0.05) is 17.8 Å². The van der Waals surface area contributed by atoms with Gasteiger partial charge in [0.25, 0.3) is 5.91 Å². The molecule has 1 fully saturated rings. The van der Waals surface area contributed by atoms with Crippen LogP contribution in [0, 0.1) is 5.92 Å². The number of nitrogens with zero attached hydrogens (tertiary/aromatic N) is 1. The maximum Gasteiger partial charge on any atom is 0.251 e. The lowest BCUT2D eigenvalue weighted by atomic mass is 10.1. The minimum atomic E-state index is -2.92. The van der Waals surface area contributed by atoms with Crippen LogP contribution in [0.15, 0.2) is 12.1 Å². The Kier molecular flexibility index (Phi) is 4.88. The average molecular weight is 331 g/mol. The molecule has 0 aliphatic carbocycles. The molecule has 2 rings (SSSR count). The predicted molar refractivity (Wildman–Crippen MR) is 82.4 cm³/mol. The van der Waals surface area contributed by atoms with Gasteiger partial charge in [-0.05, 0) is 30.4 Å². The van der Waals surface area contributed by atoms with Gasteiger partial charge in [-0.25, -0.2) is 13.4 Å². The fraction of sp³-hybridized carbons (Fsp3) is 0.571. The third-order valence-electron chi connectivity index (χ3n) is 3.55. The second kappa shape index (κ2) is 6.32. The number of rotatable bonds is 4. The van der Waals surface area contributed by atoms with Crippen LogP contribution in [0.1, 0.15) is 42.2 Å². The summed E-state index contributed by atoms with van der Waals surface area (Å²) in [5, 5.41) is 3.07. The van der Waals surface area contributed by atoms with E-state index in [1.807, 2.05) is 13.8 Å². The summed E-state index contributed by atoms with van der Waals surface area (Å²) < 4.78 is 22.8. The first-order chi connectivity index (χ1) is 9.77. The van der Waals surface area contributed by atoms with Crippen molar-refractivity contribution in [2.45, 2.75) is 26.2 Å². The summed E-state index contributed by atoms with van der Waals surface area (Å²) in [5.74, 6) is 0.301. The lowest BCUT2D eigenvalue weighted by molar-refractivity contribution is 0.0948. The largest absolute Gasteiger partial charge is 0.352 e. The van der Waals surface area contributed by atoms with E-state index in [9.17, 15) is 13.2 Å². The number of hydrogen-bond acceptors (Lipinski definition) is 4. The molecule has 0 bridgehead atoms. The number of carbonyl (C=O) groups is 1. The number of pyridine rings is 1. The van der Waals surface area contributed by atoms with Crippen molar-refractivity contribution < 1.29 is 13.2 Å². The molecule has 21 heavy (non-hydrogen) atoms. The smallest absolute Gasteiger partial charge is 0.251 e. The summed E-state index contributed by atoms with van der Waals surface area (Å²) in [6, 6.07) is 3.24. The number of nitrogens with one attached hydrogen (secondary N) is 1. The molecule has 1 N–H and O–H groups in total. The number of carbonyl (C=O) groups excluding carboxylic acids is 1. The molecule has 1 aliphatic rings. The molecule has 5 nitrogen and oxygen atoms in total. The Bertz CT molecular complexity index is 644. The first-order valence-corrected chi connectivity index (χ1v) is 9.13. The van der Waals surface area contributed by atoms with E-state index in [4.69, 9.17) is 11.6 Å². The van der Waals surface area contributed by atoms with E-state index in [0.29, 0.717) is 18.5 Å². The Hall–Kier alpha value is -1.14. The van der Waals surface area contributed by atoms with Gasteiger partial charge in [-0.3, -0.25) is 4.79 Å². The van der Waals surface area contributed by atoms with E-state index in [1.54, 1.807) is 6.07 Å². The molecule has 2 heterocycles. The molecule has 116 valence electrons. The number of sulfone groups is 1. The monoisotopic (exact) mass is 330 g/mol. The SMILES string of the molecule is CC(C)c1cc(C(=O)NCC2CCS(=O)(=O)C2)cc(Cl)n1. The molecule has 1 unspecified atom stereocenters. The fourth-order valence-corrected chi connectivity index (χ4v) is 4.39. The minimum absolute atomic E-state index is 0.000767. The Labute approximate surface area is 130 Å². The van der Waals surface area contributed by atoms with Crippen LogP contribution in [0.5, 0.6) is 0 Å². The van der Waals surface area contributed by atoms with Crippen molar-refractivity contribution in [1.82, 2.24) is 10.3 Å². The summed E-state index contributed by atoms with van der Waals surface area (Å²) in [7, 11) is -2.92. The zero-order valence-electron chi connectivity index (χ0n) is 12.1. The zero-order valence-corrected chi connectivity index (χ0v) is 13.7. The minimum Gasteiger partial charge on any atom is -0.352 e. The van der Waals surface area contributed by atoms with Crippen LogP contribution in [0.3, 0.4) is 0 Å². The topological polar surface area (TPSA) is 76.1 Å². The molecule has 1 atom stereocenters. The van der Waals surface area contributed by atoms with Crippen molar-refractivity contribution in [3.63, 3.8) is 0 Å². The number of aromatic nitrogens is 1. The molecule has 1 aromatic rings. The highest BCUT2D eigenvalue weighted by molar-refractivity contribution is 7.91. The van der Waals surface area contributed by atoms with Crippen LogP contribution in [0.25, 0.3) is 0 Å². The van der Waals surface area contributed by atoms with Gasteiger partial charge in [-0.1, -0.05) is 25.4 Å². The summed E-state index contributed by atoms with van der Waals surface area (Å²) in [6.07, 6.45) is 0.608. The predicted octanol–water partition coefficient (Wildman–Crippen LogP) is 2.02. The molecule has 1 aromatic heterocycles. The summed E-state index contributed by atoms with van der Waals surface area (Å²) in [5.41, 5.74) is 1.22. The third-order valence-corrected chi connectivity index (χ3v) is 5.58. The summed E-state index contributed by atoms with van der Waals surface area (Å²) >= 11 is 5.93. The van der Waals surface area contributed by atoms with E-state index in [-0.39, 0.29) is 34.4 Å². The highest BCUT2D eigenvalue weighted by Gasteiger charge is 2.28. The van der Waals surface area contributed by atoms with Crippen LogP contribution in [0.2, 0.25) is 5.15 Å². The van der Waals surface area contributed by atoms with Gasteiger partial charge in [0.15, 0.2) is 9.84 Å². The number of amides is 1. The lowest BCUT2D eigenvalue weighted by Crippen LogP contribution is -2.30. The van der Waals surface area contributed by atoms with Gasteiger partial charge >= 0.3 is 0 Å². The second-order valence-corrected chi connectivity index (χ2v) is 8.35. The van der Waals surface area contributed by atoms with Gasteiger partial charge in [0.05, 0.1) is 11.5 Å². The Morgan fingerprint density at radius 1 is 1.48 bits per heavy atom. The Balaban J connectivity index is 2.01. The zero-order chi connectivity index (χ0) is 15.6. The van der Waals surface area contributed by atoms with Crippen LogP contribution < -0.4 is 5.32 Å². The molecule has 0 spiro atoms. The lowest BCUT2D eigenvalue weighted by Gasteiger charge is -2.11. The highest BCUT2D eigenvalue weighted by Crippen LogP contribution is 2.19. The molecular weight excluding hydrogens is 312 g/mol. The standard InChI is InChI=1S/C14H19ClN2O3S/c1-9(2)12-5-11(6-13(15)17-12)14(18)16-7-10-3-4-21(19,20)8-10/h5-6,9-10H,3-4,7-8H2,1-2H3,(H,16,18). The normalized spacial score (nSPS) is 20.7. The molecule has 1 aliphatic heterocycles. The van der Waals surface area contributed by atoms with Crippen LogP contribution in [-0.2, 0) is 9.84 Å². The number of hydrogen-bond donors (Lipinski definition) is 1. The molecule has 7 heteroatoms. The molecule has 0 saturated carbocycles. The Morgan fingerprint density at radius 3 is 2.76 bits per heavy atom. The van der Waals surface area contributed by atoms with Crippen molar-refractivity contribution in [1.29, 1.82) is 0 Å². The summed E-state index contributed by atoms with van der Waals surface area (Å²) in [6.45, 7) is 4.32. The van der Waals surface area contributed by atoms with Gasteiger partial charge in [0.2, 0.25) is 0 Å². The van der Waals surface area contributed by atoms with Crippen molar-refractivity contribution in [2.75, 3.05) is 18.1 Å². The van der Waals surface area contributed by atoms with E-state index in [1.165, 1.54) is 6.07 Å². The van der Waals surface area contributed by atoms with Crippen LogP contribution in [0.4, 0.5) is 0 Å².